The van der Waals surface area contributed by atoms with Crippen molar-refractivity contribution in [1.29, 1.82) is 0 Å². The predicted octanol–water partition coefficient (Wildman–Crippen LogP) is 4.67. The van der Waals surface area contributed by atoms with Crippen molar-refractivity contribution >= 4 is 5.97 Å². The molecule has 0 aromatic carbocycles. The molecule has 1 heterocycles. The van der Waals surface area contributed by atoms with E-state index in [1.165, 1.54) is 24.8 Å². The van der Waals surface area contributed by atoms with E-state index in [-0.39, 0.29) is 17.4 Å². The second-order valence-corrected chi connectivity index (χ2v) is 14.1. The van der Waals surface area contributed by atoms with Gasteiger partial charge in [0.05, 0.1) is 11.7 Å². The average Bonchev–Trinajstić information content (AvgIpc) is 3.28. The van der Waals surface area contributed by atoms with Crippen LogP contribution in [-0.4, -0.2) is 73.9 Å². The van der Waals surface area contributed by atoms with Crippen LogP contribution in [0.5, 0.6) is 0 Å². The lowest BCUT2D eigenvalue weighted by Crippen LogP contribution is -2.60. The molecule has 4 rings (SSSR count). The maximum Gasteiger partial charge on any atom is 0.335 e. The van der Waals surface area contributed by atoms with Crippen molar-refractivity contribution in [3.63, 3.8) is 0 Å². The topological polar surface area (TPSA) is 137 Å². The van der Waals surface area contributed by atoms with Gasteiger partial charge in [0.2, 0.25) is 0 Å². The Morgan fingerprint density at radius 1 is 1.07 bits per heavy atom. The fraction of sp³-hybridized carbons (Fsp3) is 0.735. The molecule has 1 aliphatic heterocycles. The smallest absolute Gasteiger partial charge is 0.335 e. The van der Waals surface area contributed by atoms with E-state index in [1.807, 2.05) is 13.8 Å². The Kier molecular flexibility index (Phi) is 10.3. The van der Waals surface area contributed by atoms with Crippen molar-refractivity contribution in [3.8, 4) is 0 Å². The zero-order valence-electron chi connectivity index (χ0n) is 25.9. The maximum atomic E-state index is 11.5. The molecule has 0 aromatic heterocycles. The summed E-state index contributed by atoms with van der Waals surface area (Å²) in [4.78, 5) is 11.5. The molecule has 0 aromatic rings. The average molecular weight is 589 g/mol. The minimum absolute atomic E-state index is 0.0954. The van der Waals surface area contributed by atoms with Gasteiger partial charge in [-0.2, -0.15) is 0 Å². The molecule has 4 aliphatic rings. The number of carboxylic acids is 1. The molecule has 3 aliphatic carbocycles. The first-order valence-corrected chi connectivity index (χ1v) is 15.7. The molecule has 8 nitrogen and oxygen atoms in total. The van der Waals surface area contributed by atoms with Gasteiger partial charge in [0, 0.05) is 5.92 Å². The number of carbonyl (C=O) groups is 1. The highest BCUT2D eigenvalue weighted by Crippen LogP contribution is 2.59. The first kappa shape index (κ1) is 33.1. The van der Waals surface area contributed by atoms with E-state index in [0.717, 1.165) is 24.0 Å². The number of aliphatic carboxylic acids is 1. The van der Waals surface area contributed by atoms with E-state index in [2.05, 4.69) is 51.7 Å². The van der Waals surface area contributed by atoms with Crippen LogP contribution in [-0.2, 0) is 14.3 Å². The first-order chi connectivity index (χ1) is 19.6. The van der Waals surface area contributed by atoms with E-state index < -0.39 is 42.3 Å². The van der Waals surface area contributed by atoms with Gasteiger partial charge >= 0.3 is 5.97 Å². The first-order valence-electron chi connectivity index (χ1n) is 15.7. The largest absolute Gasteiger partial charge is 0.479 e. The van der Waals surface area contributed by atoms with Gasteiger partial charge in [-0.3, -0.25) is 0 Å². The van der Waals surface area contributed by atoms with E-state index in [9.17, 15) is 30.3 Å². The Morgan fingerprint density at radius 2 is 1.79 bits per heavy atom. The third-order valence-corrected chi connectivity index (χ3v) is 10.8. The van der Waals surface area contributed by atoms with Crippen LogP contribution in [0, 0.1) is 29.1 Å². The van der Waals surface area contributed by atoms with Gasteiger partial charge in [0.15, 0.2) is 12.4 Å². The second-order valence-electron chi connectivity index (χ2n) is 14.1. The molecule has 0 spiro atoms. The lowest BCUT2D eigenvalue weighted by Gasteiger charge is -2.44. The van der Waals surface area contributed by atoms with Gasteiger partial charge in [-0.25, -0.2) is 4.79 Å². The zero-order valence-corrected chi connectivity index (χ0v) is 25.9. The molecule has 42 heavy (non-hydrogen) atoms. The molecule has 1 saturated heterocycles. The number of aliphatic hydroxyl groups is 4. The van der Waals surface area contributed by atoms with Crippen molar-refractivity contribution in [2.45, 2.75) is 128 Å². The summed E-state index contributed by atoms with van der Waals surface area (Å²) in [6, 6.07) is 0. The Bertz CT molecular complexity index is 1090. The number of allylic oxidation sites excluding steroid dienone is 5. The van der Waals surface area contributed by atoms with Crippen LogP contribution in [0.3, 0.4) is 0 Å². The number of aliphatic hydroxyl groups excluding tert-OH is 3. The highest BCUT2D eigenvalue weighted by Gasteiger charge is 2.51. The zero-order chi connectivity index (χ0) is 31.0. The summed E-state index contributed by atoms with van der Waals surface area (Å²) >= 11 is 0. The highest BCUT2D eigenvalue weighted by atomic mass is 16.7. The molecule has 3 saturated carbocycles. The van der Waals surface area contributed by atoms with E-state index in [4.69, 9.17) is 9.47 Å². The van der Waals surface area contributed by atoms with E-state index in [1.54, 1.807) is 0 Å². The monoisotopic (exact) mass is 588 g/mol. The van der Waals surface area contributed by atoms with Crippen LogP contribution >= 0.6 is 0 Å². The lowest BCUT2D eigenvalue weighted by atomic mass is 9.61. The Morgan fingerprint density at radius 3 is 2.45 bits per heavy atom. The Balaban J connectivity index is 1.44. The molecule has 8 heteroatoms. The van der Waals surface area contributed by atoms with Crippen molar-refractivity contribution in [3.05, 3.63) is 47.6 Å². The molecule has 236 valence electrons. The van der Waals surface area contributed by atoms with Crippen LogP contribution in [0.15, 0.2) is 47.6 Å². The van der Waals surface area contributed by atoms with Crippen molar-refractivity contribution in [2.24, 2.45) is 29.1 Å². The van der Waals surface area contributed by atoms with Gasteiger partial charge < -0.3 is 35.0 Å². The van der Waals surface area contributed by atoms with Gasteiger partial charge in [-0.05, 0) is 94.0 Å². The van der Waals surface area contributed by atoms with Crippen molar-refractivity contribution < 1.29 is 39.8 Å². The molecule has 0 amide bonds. The number of rotatable bonds is 8. The number of hydrogen-bond donors (Lipinski definition) is 5. The van der Waals surface area contributed by atoms with Crippen molar-refractivity contribution in [2.75, 3.05) is 0 Å². The molecular formula is C34H52O8. The maximum absolute atomic E-state index is 11.5. The summed E-state index contributed by atoms with van der Waals surface area (Å²) in [5.74, 6) is 0.242. The van der Waals surface area contributed by atoms with Crippen LogP contribution < -0.4 is 0 Å². The summed E-state index contributed by atoms with van der Waals surface area (Å²) in [7, 11) is 0. The predicted molar refractivity (Wildman–Crippen MR) is 160 cm³/mol. The SMILES string of the molecule is C=C1CC[C@H](O[C@@H]2O[C@H](C(=O)O)[C@@H](O)[C@H](O)[C@H]2O)C/C1=C/C=C1\CCC[C@]2(C)[C@@H]([C@H](C)/C=C/[C@H](C)C(C)(C)O)CC[C@@H]12. The van der Waals surface area contributed by atoms with Gasteiger partial charge in [0.25, 0.3) is 0 Å². The highest BCUT2D eigenvalue weighted by molar-refractivity contribution is 5.73. The lowest BCUT2D eigenvalue weighted by molar-refractivity contribution is -0.304. The molecular weight excluding hydrogens is 536 g/mol. The van der Waals surface area contributed by atoms with E-state index in [0.29, 0.717) is 37.0 Å². The summed E-state index contributed by atoms with van der Waals surface area (Å²) < 4.78 is 11.3. The summed E-state index contributed by atoms with van der Waals surface area (Å²) in [5, 5.41) is 50.2. The number of carboxylic acid groups (broad SMARTS) is 1. The number of ether oxygens (including phenoxy) is 2. The fourth-order valence-corrected chi connectivity index (χ4v) is 7.71. The number of hydrogen-bond acceptors (Lipinski definition) is 7. The van der Waals surface area contributed by atoms with Crippen molar-refractivity contribution in [1.82, 2.24) is 0 Å². The third kappa shape index (κ3) is 6.95. The summed E-state index contributed by atoms with van der Waals surface area (Å²) in [5.41, 5.74) is 3.10. The summed E-state index contributed by atoms with van der Waals surface area (Å²) in [6.07, 6.45) is 8.33. The molecule has 11 atom stereocenters. The van der Waals surface area contributed by atoms with Crippen LogP contribution in [0.25, 0.3) is 0 Å². The molecule has 5 N–H and O–H groups in total. The quantitative estimate of drug-likeness (QED) is 0.258. The van der Waals surface area contributed by atoms with Crippen LogP contribution in [0.4, 0.5) is 0 Å². The molecule has 0 bridgehead atoms. The van der Waals surface area contributed by atoms with Crippen LogP contribution in [0.2, 0.25) is 0 Å². The Hall–Kier alpha value is -1.81. The standard InChI is InChI=1S/C34H52O8/c1-19-10-14-24(41-32-29(37)27(35)28(36)30(42-32)31(38)39)18-23(19)13-12-22-8-7-17-34(6)25(15-16-26(22)34)20(2)9-11-21(3)33(4,5)40/h9,11-13,20-21,24-30,32,35-37,40H,1,7-8,10,14-18H2,2-6H3,(H,38,39)/b11-9+,22-12+,23-13-/t20-,21+,24+,25-,26+,27+,28+,29-,30+,32-,34-/m1/s1. The minimum atomic E-state index is -1.74. The van der Waals surface area contributed by atoms with Gasteiger partial charge in [0.1, 0.15) is 18.3 Å². The van der Waals surface area contributed by atoms with Gasteiger partial charge in [-0.15, -0.1) is 0 Å². The number of fused-ring (bicyclic) bond motifs is 1. The normalized spacial score (nSPS) is 41.3. The summed E-state index contributed by atoms with van der Waals surface area (Å²) in [6.45, 7) is 14.8. The van der Waals surface area contributed by atoms with E-state index >= 15 is 0 Å². The minimum Gasteiger partial charge on any atom is -0.479 e. The van der Waals surface area contributed by atoms with Gasteiger partial charge in [-0.1, -0.05) is 62.8 Å². The molecule has 0 radical (unpaired) electrons. The Labute approximate surface area is 250 Å². The fourth-order valence-electron chi connectivity index (χ4n) is 7.71. The second kappa shape index (κ2) is 13.0. The molecule has 0 unspecified atom stereocenters. The third-order valence-electron chi connectivity index (χ3n) is 10.8. The van der Waals surface area contributed by atoms with Crippen LogP contribution in [0.1, 0.15) is 86.0 Å². The molecule has 4 fully saturated rings.